The summed E-state index contributed by atoms with van der Waals surface area (Å²) in [6.45, 7) is -0.705. The van der Waals surface area contributed by atoms with Gasteiger partial charge in [0.1, 0.15) is 12.7 Å². The number of ether oxygens (including phenoxy) is 1. The van der Waals surface area contributed by atoms with Crippen LogP contribution in [0.1, 0.15) is 18.5 Å². The summed E-state index contributed by atoms with van der Waals surface area (Å²) in [5, 5.41) is 12.2. The SMILES string of the molecule is CC(OCC(F)(F)F)C(=O)NC(CO)c1ccc(Cl)cc1. The van der Waals surface area contributed by atoms with Crippen LogP contribution < -0.4 is 5.32 Å². The van der Waals surface area contributed by atoms with Crippen LogP contribution in [0.3, 0.4) is 0 Å². The summed E-state index contributed by atoms with van der Waals surface area (Å²) >= 11 is 5.72. The Morgan fingerprint density at radius 1 is 1.38 bits per heavy atom. The third-order valence-electron chi connectivity index (χ3n) is 2.64. The van der Waals surface area contributed by atoms with Gasteiger partial charge in [-0.3, -0.25) is 4.79 Å². The fraction of sp³-hybridized carbons (Fsp3) is 0.462. The van der Waals surface area contributed by atoms with Crippen molar-refractivity contribution in [1.29, 1.82) is 0 Å². The van der Waals surface area contributed by atoms with Crippen molar-refractivity contribution in [1.82, 2.24) is 5.32 Å². The Balaban J connectivity index is 2.60. The third kappa shape index (κ3) is 6.33. The Hall–Kier alpha value is -1.31. The zero-order valence-electron chi connectivity index (χ0n) is 11.2. The molecule has 0 saturated heterocycles. The number of aliphatic hydroxyl groups is 1. The summed E-state index contributed by atoms with van der Waals surface area (Å²) < 4.78 is 40.4. The van der Waals surface area contributed by atoms with Gasteiger partial charge in [-0.1, -0.05) is 23.7 Å². The zero-order valence-corrected chi connectivity index (χ0v) is 11.9. The normalized spacial score (nSPS) is 14.6. The van der Waals surface area contributed by atoms with Crippen LogP contribution in [0, 0.1) is 0 Å². The van der Waals surface area contributed by atoms with E-state index >= 15 is 0 Å². The van der Waals surface area contributed by atoms with Gasteiger partial charge in [-0.15, -0.1) is 0 Å². The second-order valence-corrected chi connectivity index (χ2v) is 4.80. The zero-order chi connectivity index (χ0) is 16.0. The van der Waals surface area contributed by atoms with Gasteiger partial charge < -0.3 is 15.2 Å². The number of carbonyl (C=O) groups is 1. The minimum Gasteiger partial charge on any atom is -0.394 e. The number of hydrogen-bond acceptors (Lipinski definition) is 3. The highest BCUT2D eigenvalue weighted by molar-refractivity contribution is 6.30. The van der Waals surface area contributed by atoms with Crippen molar-refractivity contribution < 1.29 is 27.8 Å². The van der Waals surface area contributed by atoms with Crippen LogP contribution in [0.2, 0.25) is 5.02 Å². The number of amides is 1. The fourth-order valence-corrected chi connectivity index (χ4v) is 1.64. The Morgan fingerprint density at radius 2 is 1.95 bits per heavy atom. The van der Waals surface area contributed by atoms with E-state index in [1.165, 1.54) is 6.92 Å². The first-order valence-electron chi connectivity index (χ1n) is 6.08. The van der Waals surface area contributed by atoms with E-state index < -0.39 is 37.4 Å². The Labute approximate surface area is 124 Å². The summed E-state index contributed by atoms with van der Waals surface area (Å²) in [7, 11) is 0. The molecule has 0 aliphatic carbocycles. The number of benzene rings is 1. The van der Waals surface area contributed by atoms with Crippen LogP contribution in [-0.2, 0) is 9.53 Å². The lowest BCUT2D eigenvalue weighted by molar-refractivity contribution is -0.185. The van der Waals surface area contributed by atoms with Gasteiger partial charge in [0.25, 0.3) is 0 Å². The highest BCUT2D eigenvalue weighted by atomic mass is 35.5. The van der Waals surface area contributed by atoms with Crippen LogP contribution in [0.15, 0.2) is 24.3 Å². The molecular formula is C13H15ClF3NO3. The molecule has 0 saturated carbocycles. The van der Waals surface area contributed by atoms with Crippen LogP contribution in [0.25, 0.3) is 0 Å². The van der Waals surface area contributed by atoms with E-state index in [1.807, 2.05) is 0 Å². The van der Waals surface area contributed by atoms with Gasteiger partial charge in [0.2, 0.25) is 5.91 Å². The fourth-order valence-electron chi connectivity index (χ4n) is 1.51. The Kier molecular flexibility index (Phi) is 6.44. The van der Waals surface area contributed by atoms with Crippen molar-refractivity contribution in [3.63, 3.8) is 0 Å². The molecule has 2 unspecified atom stereocenters. The topological polar surface area (TPSA) is 58.6 Å². The summed E-state index contributed by atoms with van der Waals surface area (Å²) in [4.78, 5) is 11.7. The van der Waals surface area contributed by atoms with Gasteiger partial charge in [0.15, 0.2) is 0 Å². The van der Waals surface area contributed by atoms with E-state index in [-0.39, 0.29) is 0 Å². The molecule has 0 bridgehead atoms. The number of nitrogens with one attached hydrogen (secondary N) is 1. The van der Waals surface area contributed by atoms with E-state index in [0.717, 1.165) is 0 Å². The average molecular weight is 326 g/mol. The van der Waals surface area contributed by atoms with E-state index in [1.54, 1.807) is 24.3 Å². The number of aliphatic hydroxyl groups excluding tert-OH is 1. The standard InChI is InChI=1S/C13H15ClF3NO3/c1-8(21-7-13(15,16)17)12(20)18-11(6-19)9-2-4-10(14)5-3-9/h2-5,8,11,19H,6-7H2,1H3,(H,18,20). The second-order valence-electron chi connectivity index (χ2n) is 4.36. The maximum absolute atomic E-state index is 12.0. The molecule has 0 heterocycles. The first-order valence-corrected chi connectivity index (χ1v) is 6.46. The van der Waals surface area contributed by atoms with Crippen molar-refractivity contribution in [2.75, 3.05) is 13.2 Å². The molecule has 2 atom stereocenters. The number of alkyl halides is 3. The number of hydrogen-bond donors (Lipinski definition) is 2. The van der Waals surface area contributed by atoms with Crippen molar-refractivity contribution >= 4 is 17.5 Å². The molecule has 1 aromatic carbocycles. The van der Waals surface area contributed by atoms with Crippen LogP contribution >= 0.6 is 11.6 Å². The highest BCUT2D eigenvalue weighted by Gasteiger charge is 2.30. The molecule has 1 aromatic rings. The van der Waals surface area contributed by atoms with Crippen LogP contribution in [0.5, 0.6) is 0 Å². The van der Waals surface area contributed by atoms with Gasteiger partial charge in [0.05, 0.1) is 12.6 Å². The average Bonchev–Trinajstić information content (AvgIpc) is 2.42. The molecule has 1 amide bonds. The maximum Gasteiger partial charge on any atom is 0.411 e. The Morgan fingerprint density at radius 3 is 2.43 bits per heavy atom. The van der Waals surface area contributed by atoms with Gasteiger partial charge in [-0.25, -0.2) is 0 Å². The molecule has 118 valence electrons. The minimum atomic E-state index is -4.50. The van der Waals surface area contributed by atoms with Gasteiger partial charge in [-0.05, 0) is 24.6 Å². The van der Waals surface area contributed by atoms with Crippen LogP contribution in [0.4, 0.5) is 13.2 Å². The molecule has 4 nitrogen and oxygen atoms in total. The predicted molar refractivity (Wildman–Crippen MR) is 70.9 cm³/mol. The van der Waals surface area contributed by atoms with Gasteiger partial charge in [0, 0.05) is 5.02 Å². The maximum atomic E-state index is 12.0. The van der Waals surface area contributed by atoms with Crippen molar-refractivity contribution in [2.45, 2.75) is 25.2 Å². The molecule has 1 rings (SSSR count). The molecule has 0 radical (unpaired) electrons. The molecule has 0 fully saturated rings. The number of halogens is 4. The van der Waals surface area contributed by atoms with E-state index in [9.17, 15) is 23.1 Å². The molecule has 0 aromatic heterocycles. The molecule has 8 heteroatoms. The summed E-state index contributed by atoms with van der Waals surface area (Å²) in [5.41, 5.74) is 0.582. The predicted octanol–water partition coefficient (Wildman–Crippen LogP) is 2.46. The molecule has 0 aliphatic heterocycles. The van der Waals surface area contributed by atoms with Crippen LogP contribution in [-0.4, -0.2) is 36.5 Å². The molecule has 2 N–H and O–H groups in total. The van der Waals surface area contributed by atoms with Crippen molar-refractivity contribution in [3.8, 4) is 0 Å². The molecule has 0 spiro atoms. The minimum absolute atomic E-state index is 0.403. The Bertz CT molecular complexity index is 465. The van der Waals surface area contributed by atoms with Gasteiger partial charge in [-0.2, -0.15) is 13.2 Å². The summed E-state index contributed by atoms with van der Waals surface area (Å²) in [6.07, 6.45) is -5.78. The van der Waals surface area contributed by atoms with E-state index in [0.29, 0.717) is 10.6 Å². The smallest absolute Gasteiger partial charge is 0.394 e. The summed E-state index contributed by atoms with van der Waals surface area (Å²) in [5.74, 6) is -0.742. The number of carbonyl (C=O) groups excluding carboxylic acids is 1. The lowest BCUT2D eigenvalue weighted by atomic mass is 10.1. The monoisotopic (exact) mass is 325 g/mol. The van der Waals surface area contributed by atoms with Gasteiger partial charge >= 0.3 is 6.18 Å². The van der Waals surface area contributed by atoms with E-state index in [2.05, 4.69) is 10.1 Å². The third-order valence-corrected chi connectivity index (χ3v) is 2.89. The molecule has 21 heavy (non-hydrogen) atoms. The lowest BCUT2D eigenvalue weighted by Crippen LogP contribution is -2.39. The quantitative estimate of drug-likeness (QED) is 0.844. The highest BCUT2D eigenvalue weighted by Crippen LogP contribution is 2.18. The second kappa shape index (κ2) is 7.63. The summed E-state index contributed by atoms with van der Waals surface area (Å²) in [6, 6.07) is 5.62. The molecular weight excluding hydrogens is 311 g/mol. The first-order chi connectivity index (χ1) is 9.73. The largest absolute Gasteiger partial charge is 0.411 e. The molecule has 0 aliphatic rings. The lowest BCUT2D eigenvalue weighted by Gasteiger charge is -2.20. The van der Waals surface area contributed by atoms with Crippen molar-refractivity contribution in [2.24, 2.45) is 0 Å². The number of rotatable bonds is 6. The van der Waals surface area contributed by atoms with Crippen molar-refractivity contribution in [3.05, 3.63) is 34.9 Å². The van der Waals surface area contributed by atoms with E-state index in [4.69, 9.17) is 11.6 Å². The first kappa shape index (κ1) is 17.7.